The molecular weight excluding hydrogens is 389 g/mol. The summed E-state index contributed by atoms with van der Waals surface area (Å²) in [4.78, 5) is 16.8. The Labute approximate surface area is 162 Å². The SMILES string of the molecule is CC(=NOCc1ccc(F)cc1)C(Cc1ccc(OS(C)(=O)=O)cc1)C(=O)O. The van der Waals surface area contributed by atoms with Crippen LogP contribution in [0.15, 0.2) is 53.7 Å². The molecule has 0 saturated heterocycles. The topological polar surface area (TPSA) is 102 Å². The van der Waals surface area contributed by atoms with Crippen molar-refractivity contribution >= 4 is 21.8 Å². The van der Waals surface area contributed by atoms with E-state index in [9.17, 15) is 22.7 Å². The van der Waals surface area contributed by atoms with Crippen LogP contribution in [0.2, 0.25) is 0 Å². The summed E-state index contributed by atoms with van der Waals surface area (Å²) in [5, 5.41) is 13.3. The number of carbonyl (C=O) groups is 1. The lowest BCUT2D eigenvalue weighted by atomic mass is 9.95. The summed E-state index contributed by atoms with van der Waals surface area (Å²) < 4.78 is 39.8. The molecule has 0 aliphatic carbocycles. The number of benzene rings is 2. The minimum absolute atomic E-state index is 0.0848. The fourth-order valence-electron chi connectivity index (χ4n) is 2.36. The van der Waals surface area contributed by atoms with E-state index in [2.05, 4.69) is 5.16 Å². The highest BCUT2D eigenvalue weighted by Crippen LogP contribution is 2.18. The first-order valence-corrected chi connectivity index (χ1v) is 10.1. The summed E-state index contributed by atoms with van der Waals surface area (Å²) >= 11 is 0. The quantitative estimate of drug-likeness (QED) is 0.388. The minimum Gasteiger partial charge on any atom is -0.481 e. The van der Waals surface area contributed by atoms with E-state index < -0.39 is 22.0 Å². The van der Waals surface area contributed by atoms with Gasteiger partial charge in [0, 0.05) is 0 Å². The lowest BCUT2D eigenvalue weighted by Gasteiger charge is -2.12. The average molecular weight is 409 g/mol. The van der Waals surface area contributed by atoms with Crippen molar-refractivity contribution in [2.75, 3.05) is 6.26 Å². The summed E-state index contributed by atoms with van der Waals surface area (Å²) in [7, 11) is -3.63. The first-order valence-electron chi connectivity index (χ1n) is 8.26. The zero-order chi connectivity index (χ0) is 20.7. The van der Waals surface area contributed by atoms with Gasteiger partial charge < -0.3 is 14.1 Å². The number of carboxylic acid groups (broad SMARTS) is 1. The number of carboxylic acids is 1. The van der Waals surface area contributed by atoms with Gasteiger partial charge in [0.25, 0.3) is 0 Å². The van der Waals surface area contributed by atoms with Crippen LogP contribution in [0.4, 0.5) is 4.39 Å². The Hall–Kier alpha value is -2.94. The zero-order valence-electron chi connectivity index (χ0n) is 15.3. The number of nitrogens with zero attached hydrogens (tertiary/aromatic N) is 1. The van der Waals surface area contributed by atoms with Crippen molar-refractivity contribution in [1.29, 1.82) is 0 Å². The smallest absolute Gasteiger partial charge is 0.312 e. The highest BCUT2D eigenvalue weighted by atomic mass is 32.2. The Balaban J connectivity index is 2.01. The van der Waals surface area contributed by atoms with Gasteiger partial charge in [-0.25, -0.2) is 4.39 Å². The molecule has 0 amide bonds. The molecule has 0 saturated carbocycles. The van der Waals surface area contributed by atoms with Crippen LogP contribution in [-0.4, -0.2) is 31.5 Å². The Morgan fingerprint density at radius 2 is 1.68 bits per heavy atom. The summed E-state index contributed by atoms with van der Waals surface area (Å²) in [5.41, 5.74) is 1.64. The van der Waals surface area contributed by atoms with Crippen LogP contribution >= 0.6 is 0 Å². The number of halogens is 1. The van der Waals surface area contributed by atoms with Crippen LogP contribution in [0.1, 0.15) is 18.1 Å². The molecule has 2 aromatic carbocycles. The zero-order valence-corrected chi connectivity index (χ0v) is 16.1. The van der Waals surface area contributed by atoms with Gasteiger partial charge in [0.2, 0.25) is 0 Å². The van der Waals surface area contributed by atoms with Crippen LogP contribution < -0.4 is 4.18 Å². The maximum atomic E-state index is 12.9. The fourth-order valence-corrected chi connectivity index (χ4v) is 2.82. The third-order valence-corrected chi connectivity index (χ3v) is 4.26. The maximum absolute atomic E-state index is 12.9. The Morgan fingerprint density at radius 3 is 2.21 bits per heavy atom. The second kappa shape index (κ2) is 9.32. The number of aliphatic carboxylic acids is 1. The van der Waals surface area contributed by atoms with Crippen molar-refractivity contribution in [3.63, 3.8) is 0 Å². The van der Waals surface area contributed by atoms with Crippen molar-refractivity contribution in [2.45, 2.75) is 20.0 Å². The molecule has 7 nitrogen and oxygen atoms in total. The summed E-state index contributed by atoms with van der Waals surface area (Å²) in [6.07, 6.45) is 1.08. The number of oxime groups is 1. The van der Waals surface area contributed by atoms with Gasteiger partial charge >= 0.3 is 16.1 Å². The van der Waals surface area contributed by atoms with E-state index >= 15 is 0 Å². The second-order valence-corrected chi connectivity index (χ2v) is 7.73. The molecule has 28 heavy (non-hydrogen) atoms. The molecule has 2 aromatic rings. The van der Waals surface area contributed by atoms with Crippen LogP contribution in [0.5, 0.6) is 5.75 Å². The van der Waals surface area contributed by atoms with Gasteiger partial charge in [-0.05, 0) is 48.7 Å². The lowest BCUT2D eigenvalue weighted by molar-refractivity contribution is -0.139. The van der Waals surface area contributed by atoms with Gasteiger partial charge in [0.05, 0.1) is 12.0 Å². The van der Waals surface area contributed by atoms with E-state index in [0.29, 0.717) is 11.1 Å². The van der Waals surface area contributed by atoms with Gasteiger partial charge in [-0.2, -0.15) is 8.42 Å². The molecular formula is C19H20FNO6S. The van der Waals surface area contributed by atoms with Crippen LogP contribution in [0, 0.1) is 11.7 Å². The monoisotopic (exact) mass is 409 g/mol. The molecule has 0 bridgehead atoms. The number of rotatable bonds is 9. The molecule has 0 heterocycles. The van der Waals surface area contributed by atoms with E-state index in [4.69, 9.17) is 9.02 Å². The highest BCUT2D eigenvalue weighted by molar-refractivity contribution is 7.86. The van der Waals surface area contributed by atoms with E-state index in [0.717, 1.165) is 6.26 Å². The second-order valence-electron chi connectivity index (χ2n) is 6.16. The third-order valence-electron chi connectivity index (χ3n) is 3.77. The molecule has 0 aliphatic rings. The predicted molar refractivity (Wildman–Crippen MR) is 101 cm³/mol. The summed E-state index contributed by atoms with van der Waals surface area (Å²) in [6.45, 7) is 1.63. The van der Waals surface area contributed by atoms with Crippen LogP contribution in [0.25, 0.3) is 0 Å². The average Bonchev–Trinajstić information content (AvgIpc) is 2.61. The number of hydrogen-bond acceptors (Lipinski definition) is 6. The van der Waals surface area contributed by atoms with Gasteiger partial charge in [0.15, 0.2) is 0 Å². The Bertz CT molecular complexity index is 939. The predicted octanol–water partition coefficient (Wildman–Crippen LogP) is 3.00. The molecule has 0 aromatic heterocycles. The first kappa shape index (κ1) is 21.4. The molecule has 0 radical (unpaired) electrons. The molecule has 9 heteroatoms. The fraction of sp³-hybridized carbons (Fsp3) is 0.263. The molecule has 0 fully saturated rings. The normalized spacial score (nSPS) is 13.0. The summed E-state index contributed by atoms with van der Waals surface area (Å²) in [5.74, 6) is -2.20. The van der Waals surface area contributed by atoms with Crippen molar-refractivity contribution in [1.82, 2.24) is 0 Å². The Morgan fingerprint density at radius 1 is 1.11 bits per heavy atom. The van der Waals surface area contributed by atoms with E-state index in [1.807, 2.05) is 0 Å². The largest absolute Gasteiger partial charge is 0.481 e. The molecule has 2 rings (SSSR count). The van der Waals surface area contributed by atoms with Crippen molar-refractivity contribution < 1.29 is 31.7 Å². The van der Waals surface area contributed by atoms with Gasteiger partial charge in [-0.15, -0.1) is 0 Å². The van der Waals surface area contributed by atoms with Gasteiger partial charge in [-0.3, -0.25) is 4.79 Å². The molecule has 1 atom stereocenters. The molecule has 150 valence electrons. The number of hydrogen-bond donors (Lipinski definition) is 1. The Kier molecular flexibility index (Phi) is 7.11. The maximum Gasteiger partial charge on any atom is 0.312 e. The molecule has 0 spiro atoms. The molecule has 0 aliphatic heterocycles. The van der Waals surface area contributed by atoms with Crippen molar-refractivity contribution in [2.24, 2.45) is 11.1 Å². The van der Waals surface area contributed by atoms with Crippen molar-refractivity contribution in [3.8, 4) is 5.75 Å². The lowest BCUT2D eigenvalue weighted by Crippen LogP contribution is -2.24. The highest BCUT2D eigenvalue weighted by Gasteiger charge is 2.22. The molecule has 1 N–H and O–H groups in total. The van der Waals surface area contributed by atoms with E-state index in [-0.39, 0.29) is 30.3 Å². The van der Waals surface area contributed by atoms with E-state index in [1.165, 1.54) is 24.3 Å². The first-order chi connectivity index (χ1) is 13.1. The minimum atomic E-state index is -3.63. The standard InChI is InChI=1S/C19H20FNO6S/c1-13(21-26-12-15-3-7-16(20)8-4-15)18(19(22)23)11-14-5-9-17(10-6-14)27-28(2,24)25/h3-10,18H,11-12H2,1-2H3,(H,22,23). The van der Waals surface area contributed by atoms with E-state index in [1.54, 1.807) is 31.2 Å². The molecule has 1 unspecified atom stereocenters. The van der Waals surface area contributed by atoms with Crippen LogP contribution in [-0.2, 0) is 32.8 Å². The van der Waals surface area contributed by atoms with Crippen molar-refractivity contribution in [3.05, 3.63) is 65.5 Å². The van der Waals surface area contributed by atoms with Gasteiger partial charge in [-0.1, -0.05) is 29.4 Å². The summed E-state index contributed by atoms with van der Waals surface area (Å²) in [6, 6.07) is 11.8. The third kappa shape index (κ3) is 6.99. The van der Waals surface area contributed by atoms with Gasteiger partial charge in [0.1, 0.15) is 24.1 Å². The van der Waals surface area contributed by atoms with Crippen LogP contribution in [0.3, 0.4) is 0 Å².